The van der Waals surface area contributed by atoms with Crippen LogP contribution in [-0.4, -0.2) is 31.2 Å². The van der Waals surface area contributed by atoms with Crippen molar-refractivity contribution in [2.24, 2.45) is 5.73 Å². The molecular formula is C13H17BrN2O2S. The van der Waals surface area contributed by atoms with Crippen molar-refractivity contribution >= 4 is 44.8 Å². The number of carbonyl (C=O) groups is 1. The van der Waals surface area contributed by atoms with Crippen LogP contribution in [0.1, 0.15) is 18.9 Å². The molecule has 0 radical (unpaired) electrons. The second-order valence-electron chi connectivity index (χ2n) is 4.00. The number of ether oxygens (including phenoxy) is 1. The highest BCUT2D eigenvalue weighted by Crippen LogP contribution is 2.23. The van der Waals surface area contributed by atoms with Crippen LogP contribution in [0.15, 0.2) is 22.7 Å². The summed E-state index contributed by atoms with van der Waals surface area (Å²) in [6.45, 7) is 2.81. The second kappa shape index (κ2) is 7.45. The van der Waals surface area contributed by atoms with E-state index in [1.807, 2.05) is 30.1 Å². The van der Waals surface area contributed by atoms with Crippen molar-refractivity contribution in [1.29, 1.82) is 0 Å². The molecule has 0 saturated carbocycles. The molecule has 1 aromatic carbocycles. The minimum absolute atomic E-state index is 0.187. The number of anilines is 1. The minimum Gasteiger partial charge on any atom is -0.466 e. The largest absolute Gasteiger partial charge is 0.466 e. The van der Waals surface area contributed by atoms with E-state index in [-0.39, 0.29) is 5.97 Å². The van der Waals surface area contributed by atoms with Gasteiger partial charge in [0.15, 0.2) is 0 Å². The number of carbonyl (C=O) groups excluding carboxylic acids is 1. The first-order valence-electron chi connectivity index (χ1n) is 5.91. The quantitative estimate of drug-likeness (QED) is 0.634. The van der Waals surface area contributed by atoms with E-state index in [0.717, 1.165) is 15.7 Å². The molecule has 0 fully saturated rings. The fourth-order valence-corrected chi connectivity index (χ4v) is 2.45. The molecule has 0 aromatic heterocycles. The molecule has 4 nitrogen and oxygen atoms in total. The van der Waals surface area contributed by atoms with Crippen molar-refractivity contribution in [2.45, 2.75) is 13.3 Å². The predicted octanol–water partition coefficient (Wildman–Crippen LogP) is 2.47. The van der Waals surface area contributed by atoms with Gasteiger partial charge in [0.1, 0.15) is 4.99 Å². The summed E-state index contributed by atoms with van der Waals surface area (Å²) < 4.78 is 5.74. The van der Waals surface area contributed by atoms with Gasteiger partial charge in [0.2, 0.25) is 0 Å². The summed E-state index contributed by atoms with van der Waals surface area (Å²) in [6.07, 6.45) is 0.360. The molecular weight excluding hydrogens is 328 g/mol. The summed E-state index contributed by atoms with van der Waals surface area (Å²) in [7, 11) is 1.92. The third-order valence-corrected chi connectivity index (χ3v) is 3.49. The van der Waals surface area contributed by atoms with Gasteiger partial charge < -0.3 is 15.4 Å². The third-order valence-electron chi connectivity index (χ3n) is 2.62. The second-order valence-corrected chi connectivity index (χ2v) is 5.30. The Bertz CT molecular complexity index is 480. The Morgan fingerprint density at radius 2 is 2.21 bits per heavy atom. The van der Waals surface area contributed by atoms with E-state index in [4.69, 9.17) is 22.7 Å². The van der Waals surface area contributed by atoms with Crippen molar-refractivity contribution in [1.82, 2.24) is 0 Å². The van der Waals surface area contributed by atoms with Crippen LogP contribution in [0.2, 0.25) is 0 Å². The van der Waals surface area contributed by atoms with E-state index in [2.05, 4.69) is 15.9 Å². The van der Waals surface area contributed by atoms with Gasteiger partial charge in [-0.25, -0.2) is 0 Å². The molecule has 0 bridgehead atoms. The van der Waals surface area contributed by atoms with Crippen LogP contribution in [0.4, 0.5) is 5.69 Å². The summed E-state index contributed by atoms with van der Waals surface area (Å²) >= 11 is 8.38. The molecule has 0 heterocycles. The van der Waals surface area contributed by atoms with Gasteiger partial charge in [0, 0.05) is 29.3 Å². The zero-order chi connectivity index (χ0) is 14.4. The summed E-state index contributed by atoms with van der Waals surface area (Å²) in [5.74, 6) is -0.187. The zero-order valence-electron chi connectivity index (χ0n) is 11.0. The smallest absolute Gasteiger partial charge is 0.307 e. The van der Waals surface area contributed by atoms with Gasteiger partial charge >= 0.3 is 5.97 Å². The lowest BCUT2D eigenvalue weighted by molar-refractivity contribution is -0.142. The summed E-state index contributed by atoms with van der Waals surface area (Å²) in [5, 5.41) is 0. The van der Waals surface area contributed by atoms with E-state index in [1.165, 1.54) is 0 Å². The van der Waals surface area contributed by atoms with E-state index in [9.17, 15) is 4.79 Å². The summed E-state index contributed by atoms with van der Waals surface area (Å²) in [4.78, 5) is 13.6. The number of thiocarbonyl (C=S) groups is 1. The number of halogens is 1. The van der Waals surface area contributed by atoms with Crippen LogP contribution < -0.4 is 10.6 Å². The molecule has 0 aliphatic carbocycles. The Kier molecular flexibility index (Phi) is 6.24. The van der Waals surface area contributed by atoms with Crippen LogP contribution >= 0.6 is 28.1 Å². The van der Waals surface area contributed by atoms with Crippen LogP contribution in [0, 0.1) is 0 Å². The molecule has 0 aliphatic heterocycles. The van der Waals surface area contributed by atoms with Gasteiger partial charge in [-0.1, -0.05) is 12.2 Å². The number of nitrogens with two attached hydrogens (primary N) is 1. The van der Waals surface area contributed by atoms with E-state index >= 15 is 0 Å². The summed E-state index contributed by atoms with van der Waals surface area (Å²) in [6, 6.07) is 5.71. The SMILES string of the molecule is CCOC(=O)CCN(C)c1ccc(C(N)=S)c(Br)c1. The average Bonchev–Trinajstić information content (AvgIpc) is 2.35. The molecule has 1 aromatic rings. The van der Waals surface area contributed by atoms with E-state index in [1.54, 1.807) is 6.92 Å². The molecule has 0 spiro atoms. The standard InChI is InChI=1S/C13H17BrN2O2S/c1-3-18-12(17)6-7-16(2)9-4-5-10(13(15)19)11(14)8-9/h4-5,8H,3,6-7H2,1-2H3,(H2,15,19). The molecule has 0 saturated heterocycles. The maximum absolute atomic E-state index is 11.3. The van der Waals surface area contributed by atoms with Crippen LogP contribution in [0.5, 0.6) is 0 Å². The molecule has 0 aliphatic rings. The first kappa shape index (κ1) is 15.9. The van der Waals surface area contributed by atoms with Gasteiger partial charge in [0.25, 0.3) is 0 Å². The lowest BCUT2D eigenvalue weighted by Gasteiger charge is -2.19. The number of hydrogen-bond acceptors (Lipinski definition) is 4. The Morgan fingerprint density at radius 3 is 2.74 bits per heavy atom. The number of nitrogens with zero attached hydrogens (tertiary/aromatic N) is 1. The molecule has 6 heteroatoms. The monoisotopic (exact) mass is 344 g/mol. The molecule has 0 unspecified atom stereocenters. The Morgan fingerprint density at radius 1 is 1.53 bits per heavy atom. The lowest BCUT2D eigenvalue weighted by Crippen LogP contribution is -2.22. The predicted molar refractivity (Wildman–Crippen MR) is 84.5 cm³/mol. The molecule has 0 atom stereocenters. The number of rotatable bonds is 6. The van der Waals surface area contributed by atoms with E-state index < -0.39 is 0 Å². The van der Waals surface area contributed by atoms with Crippen molar-refractivity contribution in [3.8, 4) is 0 Å². The Balaban J connectivity index is 2.67. The van der Waals surface area contributed by atoms with Crippen molar-refractivity contribution in [3.63, 3.8) is 0 Å². The number of esters is 1. The Hall–Kier alpha value is -1.14. The molecule has 104 valence electrons. The summed E-state index contributed by atoms with van der Waals surface area (Å²) in [5.41, 5.74) is 7.38. The fraction of sp³-hybridized carbons (Fsp3) is 0.385. The first-order valence-corrected chi connectivity index (χ1v) is 7.12. The number of hydrogen-bond donors (Lipinski definition) is 1. The highest BCUT2D eigenvalue weighted by atomic mass is 79.9. The van der Waals surface area contributed by atoms with Gasteiger partial charge in [0.05, 0.1) is 13.0 Å². The highest BCUT2D eigenvalue weighted by Gasteiger charge is 2.09. The topological polar surface area (TPSA) is 55.6 Å². The van der Waals surface area contributed by atoms with Gasteiger partial charge in [-0.05, 0) is 41.1 Å². The maximum atomic E-state index is 11.3. The lowest BCUT2D eigenvalue weighted by atomic mass is 10.2. The molecule has 0 amide bonds. The van der Waals surface area contributed by atoms with Crippen LogP contribution in [0.25, 0.3) is 0 Å². The number of benzene rings is 1. The fourth-order valence-electron chi connectivity index (χ4n) is 1.56. The van der Waals surface area contributed by atoms with Crippen LogP contribution in [-0.2, 0) is 9.53 Å². The normalized spacial score (nSPS) is 10.1. The van der Waals surface area contributed by atoms with Gasteiger partial charge in [-0.2, -0.15) is 0 Å². The van der Waals surface area contributed by atoms with Gasteiger partial charge in [-0.3, -0.25) is 4.79 Å². The zero-order valence-corrected chi connectivity index (χ0v) is 13.4. The first-order chi connectivity index (χ1) is 8.95. The molecule has 2 N–H and O–H groups in total. The van der Waals surface area contributed by atoms with Crippen molar-refractivity contribution in [2.75, 3.05) is 25.1 Å². The van der Waals surface area contributed by atoms with Crippen molar-refractivity contribution < 1.29 is 9.53 Å². The minimum atomic E-state index is -0.187. The third kappa shape index (κ3) is 4.80. The highest BCUT2D eigenvalue weighted by molar-refractivity contribution is 9.10. The van der Waals surface area contributed by atoms with Gasteiger partial charge in [-0.15, -0.1) is 0 Å². The Labute approximate surface area is 127 Å². The molecule has 1 rings (SSSR count). The average molecular weight is 345 g/mol. The molecule has 19 heavy (non-hydrogen) atoms. The maximum Gasteiger partial charge on any atom is 0.307 e. The van der Waals surface area contributed by atoms with E-state index in [0.29, 0.717) is 24.6 Å². The van der Waals surface area contributed by atoms with Crippen LogP contribution in [0.3, 0.4) is 0 Å². The van der Waals surface area contributed by atoms with Crippen molar-refractivity contribution in [3.05, 3.63) is 28.2 Å².